The largest absolute Gasteiger partial charge is 1.00 e. The van der Waals surface area contributed by atoms with E-state index in [9.17, 15) is 4.79 Å². The van der Waals surface area contributed by atoms with Crippen molar-refractivity contribution in [1.29, 1.82) is 0 Å². The van der Waals surface area contributed by atoms with E-state index in [2.05, 4.69) is 12.2 Å². The molecule has 0 aliphatic carbocycles. The molecule has 14 heavy (non-hydrogen) atoms. The molecule has 0 rings (SSSR count). The zero-order valence-corrected chi connectivity index (χ0v) is 9.97. The van der Waals surface area contributed by atoms with E-state index >= 15 is 0 Å². The topological polar surface area (TPSA) is 49.3 Å². The molecular formula is C9H21ClN2O2. The van der Waals surface area contributed by atoms with E-state index in [0.29, 0.717) is 11.0 Å². The quantitative estimate of drug-likeness (QED) is 0.511. The van der Waals surface area contributed by atoms with Crippen LogP contribution in [0.2, 0.25) is 0 Å². The summed E-state index contributed by atoms with van der Waals surface area (Å²) < 4.78 is 0.341. The van der Waals surface area contributed by atoms with Gasteiger partial charge < -0.3 is 22.8 Å². The van der Waals surface area contributed by atoms with E-state index in [-0.39, 0.29) is 25.0 Å². The smallest absolute Gasteiger partial charge is 0.416 e. The number of unbranched alkanes of at least 4 members (excludes halogenated alkanes) is 1. The molecule has 0 aliphatic rings. The third-order valence-electron chi connectivity index (χ3n) is 2.01. The summed E-state index contributed by atoms with van der Waals surface area (Å²) in [4.78, 5) is 11.5. The molecule has 0 aromatic rings. The number of halogens is 1. The van der Waals surface area contributed by atoms with Crippen LogP contribution in [0.25, 0.3) is 0 Å². The van der Waals surface area contributed by atoms with Crippen LogP contribution in [0.15, 0.2) is 0 Å². The zero-order valence-electron chi connectivity index (χ0n) is 9.22. The summed E-state index contributed by atoms with van der Waals surface area (Å²) in [5.41, 5.74) is 0. The van der Waals surface area contributed by atoms with Crippen molar-refractivity contribution in [2.24, 2.45) is 0 Å². The molecule has 2 N–H and O–H groups in total. The predicted molar refractivity (Wildman–Crippen MR) is 52.4 cm³/mol. The Labute approximate surface area is 92.3 Å². The molecule has 0 radical (unpaired) electrons. The van der Waals surface area contributed by atoms with Gasteiger partial charge in [0.05, 0.1) is 27.2 Å². The number of carbonyl (C=O) groups excluding carboxylic acids is 1. The molecule has 0 saturated carbocycles. The van der Waals surface area contributed by atoms with Gasteiger partial charge in [0, 0.05) is 6.54 Å². The summed E-state index contributed by atoms with van der Waals surface area (Å²) in [6.45, 7) is 3.28. The molecule has 0 atom stereocenters. The monoisotopic (exact) mass is 224 g/mol. The lowest BCUT2D eigenvalue weighted by molar-refractivity contribution is -0.809. The maximum atomic E-state index is 11.5. The molecule has 0 saturated heterocycles. The van der Waals surface area contributed by atoms with E-state index in [0.717, 1.165) is 19.4 Å². The van der Waals surface area contributed by atoms with E-state index in [4.69, 9.17) is 5.11 Å². The lowest BCUT2D eigenvalue weighted by Gasteiger charge is -2.26. The number of rotatable bonds is 5. The van der Waals surface area contributed by atoms with E-state index in [1.165, 1.54) is 0 Å². The molecule has 0 aromatic heterocycles. The summed E-state index contributed by atoms with van der Waals surface area (Å²) in [5.74, 6) is 0. The number of aliphatic hydroxyl groups is 1. The number of quaternary nitrogens is 1. The van der Waals surface area contributed by atoms with Crippen LogP contribution < -0.4 is 17.7 Å². The average molecular weight is 225 g/mol. The standard InChI is InChI=1S/C9H20N2O2.ClH/c1-4-5-7-11(2,3)9(13)10-6-8-12;/h12H,4-8H2,1-3H3;1H. The van der Waals surface area contributed by atoms with Gasteiger partial charge in [0.25, 0.3) is 0 Å². The van der Waals surface area contributed by atoms with Crippen molar-refractivity contribution in [2.75, 3.05) is 33.8 Å². The maximum absolute atomic E-state index is 11.5. The minimum absolute atomic E-state index is 0. The number of hydrogen-bond donors (Lipinski definition) is 2. The molecule has 86 valence electrons. The normalized spacial score (nSPS) is 10.6. The Kier molecular flexibility index (Phi) is 9.24. The number of carbonyl (C=O) groups is 1. The molecule has 4 nitrogen and oxygen atoms in total. The molecule has 5 heteroatoms. The summed E-state index contributed by atoms with van der Waals surface area (Å²) in [5, 5.41) is 11.2. The van der Waals surface area contributed by atoms with Gasteiger partial charge in [-0.2, -0.15) is 0 Å². The first-order chi connectivity index (χ1) is 6.04. The van der Waals surface area contributed by atoms with Gasteiger partial charge in [-0.25, -0.2) is 9.28 Å². The zero-order chi connectivity index (χ0) is 10.3. The Hall–Kier alpha value is -0.320. The van der Waals surface area contributed by atoms with Gasteiger partial charge in [0.1, 0.15) is 0 Å². The van der Waals surface area contributed by atoms with Crippen molar-refractivity contribution in [1.82, 2.24) is 5.32 Å². The average Bonchev–Trinajstić information content (AvgIpc) is 2.10. The van der Waals surface area contributed by atoms with Gasteiger partial charge in [-0.15, -0.1) is 0 Å². The molecule has 0 fully saturated rings. The Bertz CT molecular complexity index is 163. The van der Waals surface area contributed by atoms with Gasteiger partial charge in [0.15, 0.2) is 0 Å². The van der Waals surface area contributed by atoms with Gasteiger partial charge in [-0.1, -0.05) is 13.3 Å². The van der Waals surface area contributed by atoms with Crippen molar-refractivity contribution >= 4 is 6.03 Å². The molecule has 0 heterocycles. The van der Waals surface area contributed by atoms with Crippen molar-refractivity contribution in [2.45, 2.75) is 19.8 Å². The Balaban J connectivity index is 0. The third kappa shape index (κ3) is 6.18. The Morgan fingerprint density at radius 2 is 2.00 bits per heavy atom. The first-order valence-electron chi connectivity index (χ1n) is 4.77. The Morgan fingerprint density at radius 3 is 2.43 bits per heavy atom. The van der Waals surface area contributed by atoms with Crippen LogP contribution in [-0.2, 0) is 0 Å². The highest BCUT2D eigenvalue weighted by Crippen LogP contribution is 2.01. The maximum Gasteiger partial charge on any atom is 0.416 e. The van der Waals surface area contributed by atoms with Crippen LogP contribution in [0.4, 0.5) is 4.79 Å². The molecule has 0 aliphatic heterocycles. The van der Waals surface area contributed by atoms with Crippen molar-refractivity contribution < 1.29 is 26.8 Å². The number of nitrogens with one attached hydrogen (secondary N) is 1. The van der Waals surface area contributed by atoms with E-state index in [1.54, 1.807) is 0 Å². The highest BCUT2D eigenvalue weighted by molar-refractivity contribution is 5.66. The van der Waals surface area contributed by atoms with Gasteiger partial charge in [-0.05, 0) is 6.42 Å². The lowest BCUT2D eigenvalue weighted by Crippen LogP contribution is -3.00. The lowest BCUT2D eigenvalue weighted by atomic mass is 10.3. The predicted octanol–water partition coefficient (Wildman–Crippen LogP) is -2.43. The summed E-state index contributed by atoms with van der Waals surface area (Å²) in [7, 11) is 3.75. The fourth-order valence-electron chi connectivity index (χ4n) is 1.03. The second-order valence-corrected chi connectivity index (χ2v) is 3.72. The minimum atomic E-state index is -0.0255. The number of amides is 2. The summed E-state index contributed by atoms with van der Waals surface area (Å²) >= 11 is 0. The van der Waals surface area contributed by atoms with Crippen molar-refractivity contribution in [3.63, 3.8) is 0 Å². The minimum Gasteiger partial charge on any atom is -1.00 e. The second-order valence-electron chi connectivity index (χ2n) is 3.72. The van der Waals surface area contributed by atoms with Crippen LogP contribution in [0.5, 0.6) is 0 Å². The van der Waals surface area contributed by atoms with Crippen molar-refractivity contribution in [3.05, 3.63) is 0 Å². The molecule has 0 aromatic carbocycles. The number of hydrogen-bond acceptors (Lipinski definition) is 2. The number of nitrogens with zero attached hydrogens (tertiary/aromatic N) is 1. The fraction of sp³-hybridized carbons (Fsp3) is 0.889. The van der Waals surface area contributed by atoms with E-state index in [1.807, 2.05) is 14.1 Å². The first-order valence-corrected chi connectivity index (χ1v) is 4.77. The summed E-state index contributed by atoms with van der Waals surface area (Å²) in [6, 6.07) is -0.0255. The third-order valence-corrected chi connectivity index (χ3v) is 2.01. The second kappa shape index (κ2) is 8.03. The molecule has 2 amide bonds. The molecule has 0 bridgehead atoms. The Morgan fingerprint density at radius 1 is 1.43 bits per heavy atom. The first kappa shape index (κ1) is 16.1. The van der Waals surface area contributed by atoms with Crippen LogP contribution in [0.3, 0.4) is 0 Å². The van der Waals surface area contributed by atoms with Crippen LogP contribution in [0, 0.1) is 0 Å². The fourth-order valence-corrected chi connectivity index (χ4v) is 1.03. The van der Waals surface area contributed by atoms with Gasteiger partial charge >= 0.3 is 6.03 Å². The number of urea groups is 1. The van der Waals surface area contributed by atoms with Gasteiger partial charge in [-0.3, -0.25) is 0 Å². The van der Waals surface area contributed by atoms with E-state index < -0.39 is 0 Å². The summed E-state index contributed by atoms with van der Waals surface area (Å²) in [6.07, 6.45) is 2.13. The van der Waals surface area contributed by atoms with Crippen LogP contribution >= 0.6 is 0 Å². The van der Waals surface area contributed by atoms with Crippen molar-refractivity contribution in [3.8, 4) is 0 Å². The number of aliphatic hydroxyl groups excluding tert-OH is 1. The molecule has 0 spiro atoms. The molecule has 0 unspecified atom stereocenters. The van der Waals surface area contributed by atoms with Gasteiger partial charge in [0.2, 0.25) is 0 Å². The SMILES string of the molecule is CCCC[N+](C)(C)C(=O)NCCO.[Cl-]. The van der Waals surface area contributed by atoms with Crippen LogP contribution in [0.1, 0.15) is 19.8 Å². The highest BCUT2D eigenvalue weighted by Gasteiger charge is 2.24. The highest BCUT2D eigenvalue weighted by atomic mass is 35.5. The molecular weight excluding hydrogens is 204 g/mol. The van der Waals surface area contributed by atoms with Crippen LogP contribution in [-0.4, -0.2) is 49.4 Å².